The zero-order valence-corrected chi connectivity index (χ0v) is 17.0. The minimum Gasteiger partial charge on any atom is -0.339 e. The van der Waals surface area contributed by atoms with Crippen LogP contribution in [0.1, 0.15) is 28.8 Å². The summed E-state index contributed by atoms with van der Waals surface area (Å²) >= 11 is 0. The second-order valence-electron chi connectivity index (χ2n) is 7.54. The van der Waals surface area contributed by atoms with Crippen LogP contribution in [0.3, 0.4) is 0 Å². The van der Waals surface area contributed by atoms with Gasteiger partial charge in [-0.15, -0.1) is 0 Å². The summed E-state index contributed by atoms with van der Waals surface area (Å²) in [6, 6.07) is 11.5. The highest BCUT2D eigenvalue weighted by atomic mass is 16.2. The van der Waals surface area contributed by atoms with E-state index in [1.54, 1.807) is 9.80 Å². The number of nitrogens with zero attached hydrogens (tertiary/aromatic N) is 3. The molecule has 0 atom stereocenters. The number of nitrogens with one attached hydrogen (secondary N) is 2. The van der Waals surface area contributed by atoms with Gasteiger partial charge in [0.15, 0.2) is 0 Å². The SMILES string of the molecule is O=C(CCCc1ccccc1)N1CCN(C(=O)c2cnc3[nH]c(=O)[nH]c(=O)c3c2)CC1. The average molecular weight is 421 g/mol. The number of fused-ring (bicyclic) bond motifs is 1. The number of aromatic nitrogens is 3. The highest BCUT2D eigenvalue weighted by Gasteiger charge is 2.25. The molecule has 0 saturated carbocycles. The number of aryl methyl sites for hydroxylation is 1. The normalized spacial score (nSPS) is 14.1. The van der Waals surface area contributed by atoms with Gasteiger partial charge in [-0.2, -0.15) is 0 Å². The maximum absolute atomic E-state index is 12.8. The molecule has 1 fully saturated rings. The third kappa shape index (κ3) is 4.71. The number of benzene rings is 1. The Morgan fingerprint density at radius 1 is 0.968 bits per heavy atom. The Hall–Kier alpha value is -3.75. The number of pyridine rings is 1. The fourth-order valence-electron chi connectivity index (χ4n) is 3.75. The van der Waals surface area contributed by atoms with Gasteiger partial charge in [0.2, 0.25) is 5.91 Å². The quantitative estimate of drug-likeness (QED) is 0.635. The van der Waals surface area contributed by atoms with Gasteiger partial charge in [0.05, 0.1) is 10.9 Å². The van der Waals surface area contributed by atoms with Gasteiger partial charge in [-0.3, -0.25) is 24.4 Å². The summed E-state index contributed by atoms with van der Waals surface area (Å²) in [5.41, 5.74) is 0.391. The van der Waals surface area contributed by atoms with Crippen LogP contribution in [-0.2, 0) is 11.2 Å². The average Bonchev–Trinajstić information content (AvgIpc) is 2.79. The molecule has 0 unspecified atom stereocenters. The van der Waals surface area contributed by atoms with Crippen molar-refractivity contribution in [3.8, 4) is 0 Å². The van der Waals surface area contributed by atoms with Crippen LogP contribution in [0.15, 0.2) is 52.2 Å². The van der Waals surface area contributed by atoms with Crippen molar-refractivity contribution >= 4 is 22.8 Å². The Kier molecular flexibility index (Phi) is 5.92. The molecule has 9 nitrogen and oxygen atoms in total. The molecule has 0 bridgehead atoms. The summed E-state index contributed by atoms with van der Waals surface area (Å²) in [4.78, 5) is 60.6. The van der Waals surface area contributed by atoms with Crippen LogP contribution in [0.25, 0.3) is 11.0 Å². The molecular formula is C22H23N5O4. The number of aromatic amines is 2. The van der Waals surface area contributed by atoms with Crippen LogP contribution in [0.5, 0.6) is 0 Å². The van der Waals surface area contributed by atoms with E-state index in [0.717, 1.165) is 12.8 Å². The highest BCUT2D eigenvalue weighted by molar-refractivity contribution is 5.96. The summed E-state index contributed by atoms with van der Waals surface area (Å²) in [5, 5.41) is 0.151. The fourth-order valence-corrected chi connectivity index (χ4v) is 3.75. The van der Waals surface area contributed by atoms with Gasteiger partial charge in [0, 0.05) is 38.8 Å². The Morgan fingerprint density at radius 3 is 2.42 bits per heavy atom. The van der Waals surface area contributed by atoms with E-state index in [0.29, 0.717) is 32.6 Å². The first-order valence-electron chi connectivity index (χ1n) is 10.2. The van der Waals surface area contributed by atoms with Crippen molar-refractivity contribution in [1.82, 2.24) is 24.8 Å². The second kappa shape index (κ2) is 8.95. The molecule has 31 heavy (non-hydrogen) atoms. The second-order valence-corrected chi connectivity index (χ2v) is 7.54. The first-order chi connectivity index (χ1) is 15.0. The molecule has 0 spiro atoms. The van der Waals surface area contributed by atoms with Crippen molar-refractivity contribution in [1.29, 1.82) is 0 Å². The fraction of sp³-hybridized carbons (Fsp3) is 0.318. The maximum Gasteiger partial charge on any atom is 0.327 e. The van der Waals surface area contributed by atoms with Crippen molar-refractivity contribution in [3.63, 3.8) is 0 Å². The Bertz CT molecular complexity index is 1210. The predicted molar refractivity (Wildman–Crippen MR) is 115 cm³/mol. The van der Waals surface area contributed by atoms with E-state index in [9.17, 15) is 19.2 Å². The number of piperazine rings is 1. The third-order valence-electron chi connectivity index (χ3n) is 5.46. The van der Waals surface area contributed by atoms with Crippen molar-refractivity contribution in [2.75, 3.05) is 26.2 Å². The third-order valence-corrected chi connectivity index (χ3v) is 5.46. The molecule has 0 aliphatic carbocycles. The summed E-state index contributed by atoms with van der Waals surface area (Å²) < 4.78 is 0. The van der Waals surface area contributed by atoms with Crippen LogP contribution in [-0.4, -0.2) is 62.7 Å². The first-order valence-corrected chi connectivity index (χ1v) is 10.2. The van der Waals surface area contributed by atoms with Crippen LogP contribution in [0, 0.1) is 0 Å². The first kappa shape index (κ1) is 20.5. The van der Waals surface area contributed by atoms with Crippen LogP contribution in [0.2, 0.25) is 0 Å². The lowest BCUT2D eigenvalue weighted by Gasteiger charge is -2.34. The molecule has 9 heteroatoms. The molecule has 3 heterocycles. The molecule has 1 aliphatic rings. The standard InChI is InChI=1S/C22H23N5O4/c28-18(8-4-7-15-5-2-1-3-6-15)26-9-11-27(12-10-26)21(30)16-13-17-19(23-14-16)24-22(31)25-20(17)29/h1-3,5-6,13-14H,4,7-12H2,(H2,23,24,25,29,31). The molecule has 3 aromatic rings. The molecule has 1 aliphatic heterocycles. The van der Waals surface area contributed by atoms with E-state index in [-0.39, 0.29) is 28.4 Å². The van der Waals surface area contributed by atoms with Gasteiger partial charge in [0.1, 0.15) is 5.65 Å². The van der Waals surface area contributed by atoms with Crippen LogP contribution in [0.4, 0.5) is 0 Å². The lowest BCUT2D eigenvalue weighted by Crippen LogP contribution is -2.50. The summed E-state index contributed by atoms with van der Waals surface area (Å²) in [5.74, 6) is -0.151. The van der Waals surface area contributed by atoms with Crippen LogP contribution < -0.4 is 11.2 Å². The number of H-pyrrole nitrogens is 2. The topological polar surface area (TPSA) is 119 Å². The largest absolute Gasteiger partial charge is 0.339 e. The van der Waals surface area contributed by atoms with E-state index in [1.807, 2.05) is 18.2 Å². The zero-order chi connectivity index (χ0) is 21.8. The van der Waals surface area contributed by atoms with Gasteiger partial charge in [-0.05, 0) is 24.5 Å². The van der Waals surface area contributed by atoms with E-state index in [4.69, 9.17) is 0 Å². The molecule has 1 aromatic carbocycles. The van der Waals surface area contributed by atoms with Gasteiger partial charge in [-0.1, -0.05) is 30.3 Å². The number of carbonyl (C=O) groups excluding carboxylic acids is 2. The Labute approximate surface area is 177 Å². The van der Waals surface area contributed by atoms with E-state index >= 15 is 0 Å². The van der Waals surface area contributed by atoms with Crippen LogP contribution >= 0.6 is 0 Å². The number of rotatable bonds is 5. The van der Waals surface area contributed by atoms with Crippen molar-refractivity contribution < 1.29 is 9.59 Å². The number of hydrogen-bond acceptors (Lipinski definition) is 5. The summed E-state index contributed by atoms with van der Waals surface area (Å²) in [6.07, 6.45) is 3.49. The highest BCUT2D eigenvalue weighted by Crippen LogP contribution is 2.13. The molecule has 160 valence electrons. The maximum atomic E-state index is 12.8. The molecule has 0 radical (unpaired) electrons. The van der Waals surface area contributed by atoms with Gasteiger partial charge < -0.3 is 9.80 Å². The lowest BCUT2D eigenvalue weighted by molar-refractivity contribution is -0.132. The van der Waals surface area contributed by atoms with Crippen molar-refractivity contribution in [2.24, 2.45) is 0 Å². The predicted octanol–water partition coefficient (Wildman–Crippen LogP) is 0.919. The van der Waals surface area contributed by atoms with E-state index < -0.39 is 11.2 Å². The lowest BCUT2D eigenvalue weighted by atomic mass is 10.1. The number of amides is 2. The minimum atomic E-state index is -0.645. The number of hydrogen-bond donors (Lipinski definition) is 2. The van der Waals surface area contributed by atoms with Gasteiger partial charge >= 0.3 is 5.69 Å². The minimum absolute atomic E-state index is 0.103. The summed E-state index contributed by atoms with van der Waals surface area (Å²) in [7, 11) is 0. The zero-order valence-electron chi connectivity index (χ0n) is 17.0. The molecule has 2 amide bonds. The van der Waals surface area contributed by atoms with Crippen molar-refractivity contribution in [2.45, 2.75) is 19.3 Å². The smallest absolute Gasteiger partial charge is 0.327 e. The number of carbonyl (C=O) groups is 2. The molecule has 2 N–H and O–H groups in total. The van der Waals surface area contributed by atoms with Gasteiger partial charge in [0.25, 0.3) is 11.5 Å². The van der Waals surface area contributed by atoms with Crippen molar-refractivity contribution in [3.05, 3.63) is 74.6 Å². The monoisotopic (exact) mass is 421 g/mol. The van der Waals surface area contributed by atoms with Gasteiger partial charge in [-0.25, -0.2) is 9.78 Å². The Morgan fingerprint density at radius 2 is 1.68 bits per heavy atom. The molecule has 4 rings (SSSR count). The van der Waals surface area contributed by atoms with E-state index in [1.165, 1.54) is 17.8 Å². The molecule has 2 aromatic heterocycles. The molecular weight excluding hydrogens is 398 g/mol. The summed E-state index contributed by atoms with van der Waals surface area (Å²) in [6.45, 7) is 1.79. The Balaban J connectivity index is 1.32. The van der Waals surface area contributed by atoms with E-state index in [2.05, 4.69) is 27.1 Å². The molecule has 1 saturated heterocycles.